The fourth-order valence-corrected chi connectivity index (χ4v) is 2.35. The molecule has 118 valence electrons. The molecule has 0 rings (SSSR count). The van der Waals surface area contributed by atoms with E-state index in [0.717, 1.165) is 36.9 Å². The fraction of sp³-hybridized carbons (Fsp3) is 1.00. The lowest BCUT2D eigenvalue weighted by Crippen LogP contribution is -2.50. The summed E-state index contributed by atoms with van der Waals surface area (Å²) in [6, 6.07) is 1.16. The van der Waals surface area contributed by atoms with Crippen molar-refractivity contribution in [2.45, 2.75) is 18.1 Å². The Bertz CT molecular complexity index is 187. The first kappa shape index (κ1) is 22.5. The van der Waals surface area contributed by atoms with Crippen molar-refractivity contribution in [2.75, 3.05) is 51.0 Å². The number of hydrogen-bond acceptors (Lipinski definition) is 7. The molecule has 0 saturated carbocycles. The minimum Gasteiger partial charge on any atom is -0.318 e. The van der Waals surface area contributed by atoms with Gasteiger partial charge in [-0.3, -0.25) is 0 Å². The van der Waals surface area contributed by atoms with E-state index in [2.05, 4.69) is 59.2 Å². The van der Waals surface area contributed by atoms with Crippen LogP contribution in [0.25, 0.3) is 0 Å². The van der Waals surface area contributed by atoms with E-state index in [9.17, 15) is 0 Å². The number of halogens is 1. The zero-order valence-electron chi connectivity index (χ0n) is 11.7. The van der Waals surface area contributed by atoms with E-state index in [1.807, 2.05) is 14.1 Å². The molecule has 0 radical (unpaired) electrons. The molecule has 0 aromatic carbocycles. The molecule has 0 spiro atoms. The lowest BCUT2D eigenvalue weighted by atomic mass is 10.2. The molecule has 0 aliphatic heterocycles. The van der Waals surface area contributed by atoms with Crippen LogP contribution in [0.4, 0.5) is 0 Å². The summed E-state index contributed by atoms with van der Waals surface area (Å²) in [6.45, 7) is 2.74. The summed E-state index contributed by atoms with van der Waals surface area (Å²) in [5.41, 5.74) is 0. The zero-order chi connectivity index (χ0) is 13.8. The van der Waals surface area contributed by atoms with E-state index in [1.54, 1.807) is 0 Å². The molecule has 3 atom stereocenters. The van der Waals surface area contributed by atoms with Crippen LogP contribution in [0, 0.1) is 0 Å². The van der Waals surface area contributed by atoms with Crippen LogP contribution in [0.2, 0.25) is 0 Å². The molecule has 0 aromatic rings. The topological polar surface area (TPSA) is 48.1 Å². The smallest absolute Gasteiger partial charge is 0.0281 e. The summed E-state index contributed by atoms with van der Waals surface area (Å²) in [5, 5.41) is 13.4. The molecular weight excluding hydrogens is 320 g/mol. The molecule has 0 aromatic heterocycles. The van der Waals surface area contributed by atoms with Crippen molar-refractivity contribution in [1.29, 1.82) is 0 Å². The van der Waals surface area contributed by atoms with Crippen molar-refractivity contribution in [3.05, 3.63) is 0 Å². The summed E-state index contributed by atoms with van der Waals surface area (Å²) in [7, 11) is 3.91. The van der Waals surface area contributed by atoms with Crippen LogP contribution in [-0.2, 0) is 0 Å². The Labute approximate surface area is 140 Å². The largest absolute Gasteiger partial charge is 0.318 e. The van der Waals surface area contributed by atoms with Gasteiger partial charge in [0, 0.05) is 55.0 Å². The molecule has 0 saturated heterocycles. The predicted octanol–water partition coefficient (Wildman–Crippen LogP) is -0.0786. The first-order valence-corrected chi connectivity index (χ1v) is 8.22. The zero-order valence-corrected chi connectivity index (χ0v) is 15.2. The molecule has 0 unspecified atom stereocenters. The molecular formula is C11H29ClN4S3. The van der Waals surface area contributed by atoms with E-state index in [4.69, 9.17) is 0 Å². The van der Waals surface area contributed by atoms with Gasteiger partial charge in [0.25, 0.3) is 0 Å². The number of hydrogen-bond donors (Lipinski definition) is 7. The van der Waals surface area contributed by atoms with E-state index in [1.165, 1.54) is 0 Å². The van der Waals surface area contributed by atoms with Gasteiger partial charge in [-0.2, -0.15) is 37.9 Å². The Morgan fingerprint density at radius 2 is 1.16 bits per heavy atom. The van der Waals surface area contributed by atoms with Crippen LogP contribution in [-0.4, -0.2) is 69.1 Å². The van der Waals surface area contributed by atoms with Crippen LogP contribution >= 0.6 is 50.3 Å². The monoisotopic (exact) mass is 348 g/mol. The van der Waals surface area contributed by atoms with Gasteiger partial charge in [0.05, 0.1) is 0 Å². The standard InChI is InChI=1S/C11H28N4S3.ClH/c1-12-3-10(7-17)15-5-11(8-18)14-4-9(6-16)13-2;/h9-18H,3-8H2,1-2H3;1H/t9-,10-,11-;/m0./s1. The Kier molecular flexibility index (Phi) is 18.4. The van der Waals surface area contributed by atoms with Crippen LogP contribution < -0.4 is 21.3 Å². The maximum absolute atomic E-state index is 4.38. The fourth-order valence-electron chi connectivity index (χ4n) is 1.52. The van der Waals surface area contributed by atoms with Gasteiger partial charge in [0.2, 0.25) is 0 Å². The summed E-state index contributed by atoms with van der Waals surface area (Å²) < 4.78 is 0. The number of rotatable bonds is 12. The van der Waals surface area contributed by atoms with Crippen molar-refractivity contribution < 1.29 is 0 Å². The first-order chi connectivity index (χ1) is 8.71. The highest BCUT2D eigenvalue weighted by Crippen LogP contribution is 1.92. The maximum atomic E-state index is 4.38. The molecule has 0 aliphatic carbocycles. The molecule has 4 nitrogen and oxygen atoms in total. The summed E-state index contributed by atoms with van der Waals surface area (Å²) in [4.78, 5) is 0. The quantitative estimate of drug-likeness (QED) is 0.252. The highest BCUT2D eigenvalue weighted by Gasteiger charge is 2.11. The lowest BCUT2D eigenvalue weighted by Gasteiger charge is -2.24. The Morgan fingerprint density at radius 3 is 1.53 bits per heavy atom. The summed E-state index contributed by atoms with van der Waals surface area (Å²) in [5.74, 6) is 2.47. The first-order valence-electron chi connectivity index (χ1n) is 6.32. The van der Waals surface area contributed by atoms with Crippen molar-refractivity contribution in [3.8, 4) is 0 Å². The summed E-state index contributed by atoms with van der Waals surface area (Å²) >= 11 is 13.0. The van der Waals surface area contributed by atoms with Crippen molar-refractivity contribution in [1.82, 2.24) is 21.3 Å². The van der Waals surface area contributed by atoms with E-state index < -0.39 is 0 Å². The SMILES string of the molecule is CNC[C@@H](CS)NC[C@@H](CS)NC[C@@H](CS)NC.Cl. The third kappa shape index (κ3) is 11.5. The second-order valence-corrected chi connectivity index (χ2v) is 5.40. The Hall–Kier alpha value is 1.18. The molecule has 19 heavy (non-hydrogen) atoms. The van der Waals surface area contributed by atoms with Crippen LogP contribution in [0.15, 0.2) is 0 Å². The average molecular weight is 349 g/mol. The molecule has 0 fully saturated rings. The second kappa shape index (κ2) is 15.6. The van der Waals surface area contributed by atoms with Crippen LogP contribution in [0.5, 0.6) is 0 Å². The van der Waals surface area contributed by atoms with Crippen LogP contribution in [0.1, 0.15) is 0 Å². The highest BCUT2D eigenvalue weighted by molar-refractivity contribution is 7.80. The molecule has 0 aliphatic rings. The minimum absolute atomic E-state index is 0. The van der Waals surface area contributed by atoms with Gasteiger partial charge in [0.15, 0.2) is 0 Å². The number of likely N-dealkylation sites (N-methyl/N-ethyl adjacent to an activating group) is 2. The molecule has 0 bridgehead atoms. The highest BCUT2D eigenvalue weighted by atomic mass is 35.5. The molecule has 4 N–H and O–H groups in total. The lowest BCUT2D eigenvalue weighted by molar-refractivity contribution is 0.440. The Balaban J connectivity index is 0. The van der Waals surface area contributed by atoms with Crippen LogP contribution in [0.3, 0.4) is 0 Å². The van der Waals surface area contributed by atoms with Gasteiger partial charge >= 0.3 is 0 Å². The molecule has 0 amide bonds. The van der Waals surface area contributed by atoms with Gasteiger partial charge in [-0.25, -0.2) is 0 Å². The summed E-state index contributed by atoms with van der Waals surface area (Å²) in [6.07, 6.45) is 0. The van der Waals surface area contributed by atoms with Gasteiger partial charge in [0.1, 0.15) is 0 Å². The molecule has 0 heterocycles. The van der Waals surface area contributed by atoms with E-state index in [0.29, 0.717) is 18.1 Å². The minimum atomic E-state index is 0. The third-order valence-corrected chi connectivity index (χ3v) is 4.15. The van der Waals surface area contributed by atoms with Crippen molar-refractivity contribution in [3.63, 3.8) is 0 Å². The number of nitrogens with one attached hydrogen (secondary N) is 4. The van der Waals surface area contributed by atoms with Crippen molar-refractivity contribution >= 4 is 50.3 Å². The second-order valence-electron chi connectivity index (χ2n) is 4.30. The Morgan fingerprint density at radius 1 is 0.737 bits per heavy atom. The third-order valence-electron chi connectivity index (χ3n) is 2.83. The van der Waals surface area contributed by atoms with Gasteiger partial charge in [-0.05, 0) is 14.1 Å². The van der Waals surface area contributed by atoms with Gasteiger partial charge < -0.3 is 21.3 Å². The van der Waals surface area contributed by atoms with Gasteiger partial charge in [-0.1, -0.05) is 0 Å². The predicted molar refractivity (Wildman–Crippen MR) is 99.2 cm³/mol. The molecule has 8 heteroatoms. The number of thiol groups is 3. The van der Waals surface area contributed by atoms with E-state index in [-0.39, 0.29) is 12.4 Å². The van der Waals surface area contributed by atoms with Crippen molar-refractivity contribution in [2.24, 2.45) is 0 Å². The average Bonchev–Trinajstić information content (AvgIpc) is 2.41. The van der Waals surface area contributed by atoms with Gasteiger partial charge in [-0.15, -0.1) is 12.4 Å². The maximum Gasteiger partial charge on any atom is 0.0281 e. The normalized spacial score (nSPS) is 15.6. The van der Waals surface area contributed by atoms with E-state index >= 15 is 0 Å².